The first-order valence-electron chi connectivity index (χ1n) is 7.70. The average molecular weight is 412 g/mol. The number of hydrogen-bond acceptors (Lipinski definition) is 3. The van der Waals surface area contributed by atoms with E-state index in [0.29, 0.717) is 17.1 Å². The van der Waals surface area contributed by atoms with Crippen molar-refractivity contribution in [3.05, 3.63) is 88.2 Å². The summed E-state index contributed by atoms with van der Waals surface area (Å²) in [6.45, 7) is 0. The van der Waals surface area contributed by atoms with Crippen molar-refractivity contribution in [1.82, 2.24) is 5.32 Å². The van der Waals surface area contributed by atoms with Crippen LogP contribution in [0.1, 0.15) is 16.1 Å². The Kier molecular flexibility index (Phi) is 5.34. The molecule has 0 bridgehead atoms. The number of amides is 1. The summed E-state index contributed by atoms with van der Waals surface area (Å²) in [6.07, 6.45) is 1.28. The molecule has 5 nitrogen and oxygen atoms in total. The topological polar surface area (TPSA) is 79.5 Å². The second kappa shape index (κ2) is 7.84. The molecule has 0 aliphatic rings. The van der Waals surface area contributed by atoms with Gasteiger partial charge in [0.1, 0.15) is 17.2 Å². The maximum absolute atomic E-state index is 12.3. The Morgan fingerprint density at radius 3 is 2.46 bits per heavy atom. The van der Waals surface area contributed by atoms with Crippen LogP contribution in [0.5, 0.6) is 0 Å². The Labute approximate surface area is 158 Å². The van der Waals surface area contributed by atoms with Crippen molar-refractivity contribution >= 4 is 33.9 Å². The molecule has 0 aliphatic heterocycles. The number of furan rings is 1. The number of carboxylic acid groups (broad SMARTS) is 1. The number of halogens is 1. The van der Waals surface area contributed by atoms with Crippen LogP contribution in [0.25, 0.3) is 17.4 Å². The summed E-state index contributed by atoms with van der Waals surface area (Å²) in [7, 11) is 0. The van der Waals surface area contributed by atoms with Crippen molar-refractivity contribution in [3.8, 4) is 11.3 Å². The molecule has 2 N–H and O–H groups in total. The van der Waals surface area contributed by atoms with Gasteiger partial charge in [-0.05, 0) is 30.3 Å². The molecule has 3 rings (SSSR count). The Morgan fingerprint density at radius 1 is 1.00 bits per heavy atom. The van der Waals surface area contributed by atoms with Crippen LogP contribution in [-0.4, -0.2) is 17.0 Å². The van der Waals surface area contributed by atoms with Crippen molar-refractivity contribution in [2.75, 3.05) is 0 Å². The van der Waals surface area contributed by atoms with Gasteiger partial charge in [0.25, 0.3) is 5.91 Å². The van der Waals surface area contributed by atoms with Gasteiger partial charge in [-0.1, -0.05) is 52.3 Å². The van der Waals surface area contributed by atoms with E-state index in [1.54, 1.807) is 36.4 Å². The monoisotopic (exact) mass is 411 g/mol. The van der Waals surface area contributed by atoms with Crippen LogP contribution < -0.4 is 5.32 Å². The lowest BCUT2D eigenvalue weighted by Gasteiger charge is -2.06. The van der Waals surface area contributed by atoms with E-state index in [1.807, 2.05) is 30.3 Å². The third kappa shape index (κ3) is 4.29. The lowest BCUT2D eigenvalue weighted by atomic mass is 10.2. The minimum absolute atomic E-state index is 0.274. The zero-order chi connectivity index (χ0) is 18.5. The number of rotatable bonds is 5. The van der Waals surface area contributed by atoms with Gasteiger partial charge < -0.3 is 14.8 Å². The summed E-state index contributed by atoms with van der Waals surface area (Å²) in [5.74, 6) is -0.837. The Hall–Kier alpha value is -3.12. The van der Waals surface area contributed by atoms with E-state index in [1.165, 1.54) is 6.08 Å². The maximum atomic E-state index is 12.3. The van der Waals surface area contributed by atoms with E-state index >= 15 is 0 Å². The minimum atomic E-state index is -1.26. The van der Waals surface area contributed by atoms with Gasteiger partial charge >= 0.3 is 5.97 Å². The van der Waals surface area contributed by atoms with E-state index in [-0.39, 0.29) is 5.70 Å². The molecule has 0 fully saturated rings. The molecule has 26 heavy (non-hydrogen) atoms. The highest BCUT2D eigenvalue weighted by Crippen LogP contribution is 2.23. The predicted octanol–water partition coefficient (Wildman–Crippen LogP) is 4.56. The van der Waals surface area contributed by atoms with Gasteiger partial charge in [-0.15, -0.1) is 0 Å². The zero-order valence-corrected chi connectivity index (χ0v) is 15.1. The molecule has 0 spiro atoms. The van der Waals surface area contributed by atoms with Gasteiger partial charge in [0.2, 0.25) is 0 Å². The zero-order valence-electron chi connectivity index (χ0n) is 13.5. The third-order valence-electron chi connectivity index (χ3n) is 3.54. The highest BCUT2D eigenvalue weighted by molar-refractivity contribution is 9.10. The Balaban J connectivity index is 1.83. The molecule has 6 heteroatoms. The quantitative estimate of drug-likeness (QED) is 0.602. The van der Waals surface area contributed by atoms with Crippen LogP contribution >= 0.6 is 15.9 Å². The van der Waals surface area contributed by atoms with Crippen molar-refractivity contribution < 1.29 is 19.1 Å². The molecule has 1 aromatic heterocycles. The van der Waals surface area contributed by atoms with Gasteiger partial charge in [0.05, 0.1) is 0 Å². The largest absolute Gasteiger partial charge is 0.477 e. The van der Waals surface area contributed by atoms with Crippen LogP contribution in [0.2, 0.25) is 0 Å². The first-order valence-corrected chi connectivity index (χ1v) is 8.49. The highest BCUT2D eigenvalue weighted by atomic mass is 79.9. The minimum Gasteiger partial charge on any atom is -0.477 e. The second-order valence-electron chi connectivity index (χ2n) is 5.40. The van der Waals surface area contributed by atoms with E-state index < -0.39 is 11.9 Å². The van der Waals surface area contributed by atoms with Crippen LogP contribution in [0.4, 0.5) is 0 Å². The number of carbonyl (C=O) groups is 2. The average Bonchev–Trinajstić information content (AvgIpc) is 3.10. The Bertz CT molecular complexity index is 976. The van der Waals surface area contributed by atoms with Crippen molar-refractivity contribution in [2.24, 2.45) is 0 Å². The van der Waals surface area contributed by atoms with E-state index in [2.05, 4.69) is 21.2 Å². The van der Waals surface area contributed by atoms with Crippen LogP contribution in [-0.2, 0) is 4.79 Å². The van der Waals surface area contributed by atoms with Crippen LogP contribution in [0.15, 0.2) is 81.3 Å². The number of carbonyl (C=O) groups excluding carboxylic acids is 1. The number of carboxylic acids is 1. The van der Waals surface area contributed by atoms with Crippen molar-refractivity contribution in [3.63, 3.8) is 0 Å². The van der Waals surface area contributed by atoms with Gasteiger partial charge in [-0.25, -0.2) is 4.79 Å². The Morgan fingerprint density at radius 2 is 1.77 bits per heavy atom. The molecule has 130 valence electrons. The summed E-state index contributed by atoms with van der Waals surface area (Å²) >= 11 is 3.28. The number of benzene rings is 2. The van der Waals surface area contributed by atoms with Gasteiger partial charge in [-0.3, -0.25) is 4.79 Å². The van der Waals surface area contributed by atoms with Gasteiger partial charge in [0, 0.05) is 21.7 Å². The normalized spacial score (nSPS) is 11.2. The van der Waals surface area contributed by atoms with Crippen LogP contribution in [0.3, 0.4) is 0 Å². The first kappa shape index (κ1) is 17.7. The number of nitrogens with one attached hydrogen (secondary N) is 1. The maximum Gasteiger partial charge on any atom is 0.352 e. The van der Waals surface area contributed by atoms with Gasteiger partial charge in [-0.2, -0.15) is 0 Å². The molecule has 0 unspecified atom stereocenters. The molecule has 2 aromatic carbocycles. The molecule has 1 amide bonds. The second-order valence-corrected chi connectivity index (χ2v) is 6.31. The SMILES string of the molecule is O=C(O)C(=Cc1ccc(-c2ccccc2)o1)NC(=O)c1cccc(Br)c1. The molecular formula is C20H14BrNO4. The highest BCUT2D eigenvalue weighted by Gasteiger charge is 2.15. The summed E-state index contributed by atoms with van der Waals surface area (Å²) in [5, 5.41) is 11.8. The lowest BCUT2D eigenvalue weighted by molar-refractivity contribution is -0.132. The first-order chi connectivity index (χ1) is 12.5. The smallest absolute Gasteiger partial charge is 0.352 e. The number of hydrogen-bond donors (Lipinski definition) is 2. The van der Waals surface area contributed by atoms with Crippen molar-refractivity contribution in [2.45, 2.75) is 0 Å². The fraction of sp³-hybridized carbons (Fsp3) is 0. The number of aliphatic carboxylic acids is 1. The summed E-state index contributed by atoms with van der Waals surface area (Å²) in [5.41, 5.74) is 0.946. The molecular weight excluding hydrogens is 398 g/mol. The molecule has 1 heterocycles. The molecule has 0 saturated carbocycles. The third-order valence-corrected chi connectivity index (χ3v) is 4.03. The molecule has 3 aromatic rings. The summed E-state index contributed by atoms with van der Waals surface area (Å²) < 4.78 is 6.38. The fourth-order valence-corrected chi connectivity index (χ4v) is 2.70. The molecule has 0 atom stereocenters. The summed E-state index contributed by atoms with van der Waals surface area (Å²) in [4.78, 5) is 23.7. The van der Waals surface area contributed by atoms with E-state index in [4.69, 9.17) is 4.42 Å². The standard InChI is InChI=1S/C20H14BrNO4/c21-15-8-4-7-14(11-15)19(23)22-17(20(24)25)12-16-9-10-18(26-16)13-5-2-1-3-6-13/h1-12H,(H,22,23)(H,24,25). The lowest BCUT2D eigenvalue weighted by Crippen LogP contribution is -2.27. The van der Waals surface area contributed by atoms with Crippen molar-refractivity contribution in [1.29, 1.82) is 0 Å². The predicted molar refractivity (Wildman–Crippen MR) is 101 cm³/mol. The van der Waals surface area contributed by atoms with E-state index in [9.17, 15) is 14.7 Å². The molecule has 0 aliphatic carbocycles. The van der Waals surface area contributed by atoms with Crippen LogP contribution in [0, 0.1) is 0 Å². The van der Waals surface area contributed by atoms with E-state index in [0.717, 1.165) is 10.0 Å². The molecule has 0 saturated heterocycles. The fourth-order valence-electron chi connectivity index (χ4n) is 2.31. The summed E-state index contributed by atoms with van der Waals surface area (Å²) in [6, 6.07) is 19.5. The molecule has 0 radical (unpaired) electrons. The van der Waals surface area contributed by atoms with Gasteiger partial charge in [0.15, 0.2) is 0 Å².